The highest BCUT2D eigenvalue weighted by atomic mass is 16.4. The van der Waals surface area contributed by atoms with Crippen LogP contribution < -0.4 is 5.32 Å². The lowest BCUT2D eigenvalue weighted by Gasteiger charge is -2.01. The minimum atomic E-state index is -1.12. The number of nitrogens with zero attached hydrogens (tertiary/aromatic N) is 1. The van der Waals surface area contributed by atoms with Crippen molar-refractivity contribution in [1.82, 2.24) is 15.3 Å². The summed E-state index contributed by atoms with van der Waals surface area (Å²) >= 11 is 0. The number of hydrogen-bond donors (Lipinski definition) is 3. The maximum Gasteiger partial charge on any atom is 0.312 e. The fraction of sp³-hybridized carbons (Fsp3) is 0.375. The highest BCUT2D eigenvalue weighted by Crippen LogP contribution is 1.90. The van der Waals surface area contributed by atoms with Crippen LogP contribution in [0.4, 0.5) is 0 Å². The van der Waals surface area contributed by atoms with Crippen molar-refractivity contribution in [2.75, 3.05) is 6.54 Å². The summed E-state index contributed by atoms with van der Waals surface area (Å²) in [5.41, 5.74) is 0.903. The van der Waals surface area contributed by atoms with Crippen LogP contribution >= 0.6 is 0 Å². The van der Waals surface area contributed by atoms with Crippen LogP contribution in [0.15, 0.2) is 12.5 Å². The third kappa shape index (κ3) is 3.70. The highest BCUT2D eigenvalue weighted by molar-refractivity contribution is 5.93. The van der Waals surface area contributed by atoms with E-state index in [9.17, 15) is 9.59 Å². The topological polar surface area (TPSA) is 95.1 Å². The summed E-state index contributed by atoms with van der Waals surface area (Å²) < 4.78 is 0. The van der Waals surface area contributed by atoms with E-state index in [0.717, 1.165) is 5.69 Å². The van der Waals surface area contributed by atoms with Gasteiger partial charge in [-0.25, -0.2) is 4.98 Å². The third-order valence-corrected chi connectivity index (χ3v) is 1.58. The smallest absolute Gasteiger partial charge is 0.312 e. The maximum absolute atomic E-state index is 10.9. The number of aromatic amines is 1. The number of aliphatic carboxylic acids is 1. The first kappa shape index (κ1) is 10.2. The van der Waals surface area contributed by atoms with Crippen molar-refractivity contribution in [2.45, 2.75) is 12.8 Å². The molecule has 1 aromatic heterocycles. The van der Waals surface area contributed by atoms with E-state index in [2.05, 4.69) is 15.3 Å². The lowest BCUT2D eigenvalue weighted by atomic mass is 10.3. The van der Waals surface area contributed by atoms with E-state index in [1.165, 1.54) is 0 Å². The fourth-order valence-corrected chi connectivity index (χ4v) is 0.958. The van der Waals surface area contributed by atoms with Gasteiger partial charge >= 0.3 is 5.97 Å². The monoisotopic (exact) mass is 197 g/mol. The minimum absolute atomic E-state index is 0.411. The van der Waals surface area contributed by atoms with E-state index in [1.807, 2.05) is 0 Å². The van der Waals surface area contributed by atoms with Crippen molar-refractivity contribution in [1.29, 1.82) is 0 Å². The summed E-state index contributed by atoms with van der Waals surface area (Å²) in [6.45, 7) is 0.411. The number of hydrogen-bond acceptors (Lipinski definition) is 3. The molecule has 14 heavy (non-hydrogen) atoms. The van der Waals surface area contributed by atoms with Gasteiger partial charge in [-0.3, -0.25) is 9.59 Å². The molecule has 0 aliphatic heterocycles. The maximum atomic E-state index is 10.9. The Labute approximate surface area is 80.4 Å². The number of imidazole rings is 1. The lowest BCUT2D eigenvalue weighted by Crippen LogP contribution is -2.27. The summed E-state index contributed by atoms with van der Waals surface area (Å²) in [5.74, 6) is -1.60. The van der Waals surface area contributed by atoms with Gasteiger partial charge in [0, 0.05) is 24.9 Å². The molecule has 0 radical (unpaired) electrons. The number of rotatable bonds is 5. The van der Waals surface area contributed by atoms with Crippen molar-refractivity contribution >= 4 is 11.9 Å². The van der Waals surface area contributed by atoms with Crippen LogP contribution in [0, 0.1) is 0 Å². The van der Waals surface area contributed by atoms with Crippen molar-refractivity contribution in [3.05, 3.63) is 18.2 Å². The average Bonchev–Trinajstić information content (AvgIpc) is 2.55. The van der Waals surface area contributed by atoms with Crippen molar-refractivity contribution in [3.8, 4) is 0 Å². The summed E-state index contributed by atoms with van der Waals surface area (Å²) in [6, 6.07) is 0. The van der Waals surface area contributed by atoms with E-state index in [-0.39, 0.29) is 0 Å². The molecule has 0 saturated carbocycles. The Morgan fingerprint density at radius 2 is 2.36 bits per heavy atom. The molecule has 0 bridgehead atoms. The highest BCUT2D eigenvalue weighted by Gasteiger charge is 2.06. The number of carbonyl (C=O) groups excluding carboxylic acids is 1. The first-order valence-electron chi connectivity index (χ1n) is 4.14. The van der Waals surface area contributed by atoms with Crippen molar-refractivity contribution < 1.29 is 14.7 Å². The summed E-state index contributed by atoms with van der Waals surface area (Å²) in [5, 5.41) is 10.8. The molecule has 0 saturated heterocycles. The molecule has 0 aliphatic carbocycles. The Bertz CT molecular complexity index is 308. The van der Waals surface area contributed by atoms with Gasteiger partial charge in [-0.2, -0.15) is 0 Å². The van der Waals surface area contributed by atoms with Crippen LogP contribution in [0.5, 0.6) is 0 Å². The third-order valence-electron chi connectivity index (χ3n) is 1.58. The zero-order chi connectivity index (χ0) is 10.4. The Kier molecular flexibility index (Phi) is 3.66. The summed E-state index contributed by atoms with van der Waals surface area (Å²) in [6.07, 6.45) is 3.34. The van der Waals surface area contributed by atoms with Gasteiger partial charge in [-0.05, 0) is 0 Å². The van der Waals surface area contributed by atoms with Crippen LogP contribution in [0.1, 0.15) is 12.1 Å². The zero-order valence-electron chi connectivity index (χ0n) is 7.49. The van der Waals surface area contributed by atoms with Crippen LogP contribution in [0.2, 0.25) is 0 Å². The van der Waals surface area contributed by atoms with E-state index >= 15 is 0 Å². The number of nitrogens with one attached hydrogen (secondary N) is 2. The van der Waals surface area contributed by atoms with Gasteiger partial charge in [-0.15, -0.1) is 0 Å². The lowest BCUT2D eigenvalue weighted by molar-refractivity contribution is -0.140. The average molecular weight is 197 g/mol. The molecule has 1 heterocycles. The second-order valence-corrected chi connectivity index (χ2v) is 2.75. The van der Waals surface area contributed by atoms with Gasteiger partial charge in [0.25, 0.3) is 0 Å². The molecule has 0 unspecified atom stereocenters. The van der Waals surface area contributed by atoms with Crippen LogP contribution in [-0.2, 0) is 16.0 Å². The molecular formula is C8H11N3O3. The molecule has 0 aromatic carbocycles. The normalized spacial score (nSPS) is 9.71. The molecule has 0 fully saturated rings. The first-order valence-corrected chi connectivity index (χ1v) is 4.14. The first-order chi connectivity index (χ1) is 6.68. The number of aromatic nitrogens is 2. The largest absolute Gasteiger partial charge is 0.481 e. The molecule has 0 aliphatic rings. The molecular weight excluding hydrogens is 186 g/mol. The molecule has 0 atom stereocenters. The Balaban J connectivity index is 2.15. The van der Waals surface area contributed by atoms with Gasteiger partial charge < -0.3 is 15.4 Å². The molecule has 3 N–H and O–H groups in total. The minimum Gasteiger partial charge on any atom is -0.481 e. The van der Waals surface area contributed by atoms with E-state index in [1.54, 1.807) is 12.5 Å². The Hall–Kier alpha value is -1.85. The number of carboxylic acids is 1. The zero-order valence-corrected chi connectivity index (χ0v) is 7.49. The SMILES string of the molecule is O=C(O)CC(=O)NCCc1cnc[nH]1. The van der Waals surface area contributed by atoms with Gasteiger partial charge in [0.1, 0.15) is 6.42 Å². The number of carbonyl (C=O) groups is 2. The molecule has 6 nitrogen and oxygen atoms in total. The molecule has 1 aromatic rings. The van der Waals surface area contributed by atoms with E-state index in [4.69, 9.17) is 5.11 Å². The van der Waals surface area contributed by atoms with Crippen LogP contribution in [0.25, 0.3) is 0 Å². The molecule has 1 rings (SSSR count). The van der Waals surface area contributed by atoms with Gasteiger partial charge in [0.15, 0.2) is 0 Å². The van der Waals surface area contributed by atoms with Crippen molar-refractivity contribution in [2.24, 2.45) is 0 Å². The fourth-order valence-electron chi connectivity index (χ4n) is 0.958. The van der Waals surface area contributed by atoms with Crippen LogP contribution in [0.3, 0.4) is 0 Å². The Morgan fingerprint density at radius 1 is 1.57 bits per heavy atom. The predicted octanol–water partition coefficient (Wildman–Crippen LogP) is -0.457. The summed E-state index contributed by atoms with van der Waals surface area (Å²) in [4.78, 5) is 27.7. The number of carboxylic acid groups (broad SMARTS) is 1. The van der Waals surface area contributed by atoms with Gasteiger partial charge in [-0.1, -0.05) is 0 Å². The summed E-state index contributed by atoms with van der Waals surface area (Å²) in [7, 11) is 0. The molecule has 0 spiro atoms. The van der Waals surface area contributed by atoms with Crippen molar-refractivity contribution in [3.63, 3.8) is 0 Å². The van der Waals surface area contributed by atoms with E-state index in [0.29, 0.717) is 13.0 Å². The Morgan fingerprint density at radius 3 is 2.93 bits per heavy atom. The standard InChI is InChI=1S/C8H11N3O3/c12-7(3-8(13)14)10-2-1-6-4-9-5-11-6/h4-5H,1-3H2,(H,9,11)(H,10,12)(H,13,14). The van der Waals surface area contributed by atoms with Gasteiger partial charge in [0.05, 0.1) is 6.33 Å². The molecule has 1 amide bonds. The molecule has 6 heteroatoms. The van der Waals surface area contributed by atoms with E-state index < -0.39 is 18.3 Å². The van der Waals surface area contributed by atoms with Crippen LogP contribution in [-0.4, -0.2) is 33.5 Å². The number of H-pyrrole nitrogens is 1. The van der Waals surface area contributed by atoms with Gasteiger partial charge in [0.2, 0.25) is 5.91 Å². The molecule has 76 valence electrons. The second kappa shape index (κ2) is 5.00. The predicted molar refractivity (Wildman–Crippen MR) is 47.6 cm³/mol. The quantitative estimate of drug-likeness (QED) is 0.557. The second-order valence-electron chi connectivity index (χ2n) is 2.75. The number of amides is 1.